The van der Waals surface area contributed by atoms with E-state index in [-0.39, 0.29) is 22.6 Å². The highest BCUT2D eigenvalue weighted by Crippen LogP contribution is 2.27. The quantitative estimate of drug-likeness (QED) is 0.286. The van der Waals surface area contributed by atoms with E-state index in [0.29, 0.717) is 11.4 Å². The molecule has 0 aliphatic rings. The van der Waals surface area contributed by atoms with Crippen LogP contribution in [0.25, 0.3) is 0 Å². The molecule has 4 N–H and O–H groups in total. The first-order valence-electron chi connectivity index (χ1n) is 11.8. The molecule has 0 bridgehead atoms. The molecule has 3 rings (SSSR count). The van der Waals surface area contributed by atoms with Gasteiger partial charge >= 0.3 is 0 Å². The molecule has 34 heavy (non-hydrogen) atoms. The second-order valence-electron chi connectivity index (χ2n) is 8.32. The summed E-state index contributed by atoms with van der Waals surface area (Å²) in [5.74, 6) is -0.778. The van der Waals surface area contributed by atoms with Crippen molar-refractivity contribution in [1.82, 2.24) is 0 Å². The lowest BCUT2D eigenvalue weighted by Gasteiger charge is -2.12. The van der Waals surface area contributed by atoms with Crippen LogP contribution in [0.5, 0.6) is 11.5 Å². The average molecular weight is 461 g/mol. The van der Waals surface area contributed by atoms with Crippen molar-refractivity contribution in [3.05, 3.63) is 82.9 Å². The molecule has 0 radical (unpaired) electrons. The number of phenolic OH excluding ortho intramolecular Hbond substituents is 2. The van der Waals surface area contributed by atoms with Gasteiger partial charge in [-0.1, -0.05) is 51.0 Å². The standard InChI is InChI=1S/C28H32N2O4/c1-3-5-9-19-11-7-13-23(25(19)31)27(33)29-21-15-17-22(18-16-21)30-28(34)24-14-8-12-20(26(24)32)10-6-4-2/h7-8,11-18,31-32H,3-6,9-10H2,1-2H3,(H,29,33)(H,30,34). The zero-order valence-corrected chi connectivity index (χ0v) is 19.7. The smallest absolute Gasteiger partial charge is 0.259 e. The summed E-state index contributed by atoms with van der Waals surface area (Å²) in [7, 11) is 0. The lowest BCUT2D eigenvalue weighted by atomic mass is 10.0. The third-order valence-corrected chi connectivity index (χ3v) is 5.73. The maximum absolute atomic E-state index is 12.7. The van der Waals surface area contributed by atoms with Gasteiger partial charge in [0.2, 0.25) is 0 Å². The molecule has 6 nitrogen and oxygen atoms in total. The van der Waals surface area contributed by atoms with Gasteiger partial charge in [0, 0.05) is 11.4 Å². The Morgan fingerprint density at radius 1 is 0.647 bits per heavy atom. The Hall–Kier alpha value is -3.80. The molecule has 178 valence electrons. The lowest BCUT2D eigenvalue weighted by Crippen LogP contribution is -2.14. The molecule has 0 heterocycles. The van der Waals surface area contributed by atoms with Crippen molar-refractivity contribution in [1.29, 1.82) is 0 Å². The summed E-state index contributed by atoms with van der Waals surface area (Å²) in [6, 6.07) is 17.1. The van der Waals surface area contributed by atoms with Crippen LogP contribution in [0, 0.1) is 0 Å². The Kier molecular flexibility index (Phi) is 8.68. The predicted octanol–water partition coefficient (Wildman–Crippen LogP) is 6.29. The van der Waals surface area contributed by atoms with Crippen LogP contribution in [0.15, 0.2) is 60.7 Å². The summed E-state index contributed by atoms with van der Waals surface area (Å²) in [6.07, 6.45) is 5.31. The summed E-state index contributed by atoms with van der Waals surface area (Å²) in [4.78, 5) is 25.4. The maximum Gasteiger partial charge on any atom is 0.259 e. The van der Waals surface area contributed by atoms with Crippen LogP contribution in [0.3, 0.4) is 0 Å². The Labute approximate surface area is 200 Å². The summed E-state index contributed by atoms with van der Waals surface area (Å²) >= 11 is 0. The first kappa shape index (κ1) is 24.8. The number of aryl methyl sites for hydroxylation is 2. The van der Waals surface area contributed by atoms with Crippen LogP contribution < -0.4 is 10.6 Å². The fourth-order valence-electron chi connectivity index (χ4n) is 3.72. The van der Waals surface area contributed by atoms with Crippen LogP contribution in [-0.2, 0) is 12.8 Å². The van der Waals surface area contributed by atoms with Crippen LogP contribution in [-0.4, -0.2) is 22.0 Å². The monoisotopic (exact) mass is 460 g/mol. The Bertz CT molecular complexity index is 1050. The molecule has 0 fully saturated rings. The Balaban J connectivity index is 1.66. The molecule has 0 aromatic heterocycles. The summed E-state index contributed by atoms with van der Waals surface area (Å²) in [6.45, 7) is 4.15. The van der Waals surface area contributed by atoms with Gasteiger partial charge in [-0.05, 0) is 73.2 Å². The Morgan fingerprint density at radius 2 is 1.03 bits per heavy atom. The van der Waals surface area contributed by atoms with Gasteiger partial charge in [-0.25, -0.2) is 0 Å². The van der Waals surface area contributed by atoms with Crippen molar-refractivity contribution in [2.24, 2.45) is 0 Å². The van der Waals surface area contributed by atoms with Crippen LogP contribution in [0.4, 0.5) is 11.4 Å². The number of phenols is 2. The number of amides is 2. The van der Waals surface area contributed by atoms with E-state index in [1.165, 1.54) is 0 Å². The van der Waals surface area contributed by atoms with Crippen LogP contribution in [0.1, 0.15) is 71.4 Å². The highest BCUT2D eigenvalue weighted by molar-refractivity contribution is 6.07. The SMILES string of the molecule is CCCCc1cccc(C(=O)Nc2ccc(NC(=O)c3cccc(CCCC)c3O)cc2)c1O. The number of hydrogen-bond donors (Lipinski definition) is 4. The topological polar surface area (TPSA) is 98.7 Å². The van der Waals surface area contributed by atoms with Crippen molar-refractivity contribution in [2.75, 3.05) is 10.6 Å². The molecule has 3 aromatic carbocycles. The third-order valence-electron chi connectivity index (χ3n) is 5.73. The normalized spacial score (nSPS) is 10.6. The van der Waals surface area contributed by atoms with Gasteiger partial charge in [-0.3, -0.25) is 9.59 Å². The molecular formula is C28H32N2O4. The molecule has 0 saturated carbocycles. The highest BCUT2D eigenvalue weighted by atomic mass is 16.3. The third kappa shape index (κ3) is 6.16. The van der Waals surface area contributed by atoms with E-state index in [1.54, 1.807) is 48.5 Å². The van der Waals surface area contributed by atoms with E-state index in [0.717, 1.165) is 49.7 Å². The van der Waals surface area contributed by atoms with Crippen LogP contribution in [0.2, 0.25) is 0 Å². The van der Waals surface area contributed by atoms with Crippen molar-refractivity contribution >= 4 is 23.2 Å². The van der Waals surface area contributed by atoms with Gasteiger partial charge in [0.05, 0.1) is 11.1 Å². The molecule has 0 aliphatic carbocycles. The van der Waals surface area contributed by atoms with Gasteiger partial charge in [-0.15, -0.1) is 0 Å². The fourth-order valence-corrected chi connectivity index (χ4v) is 3.72. The minimum absolute atomic E-state index is 0.0123. The van der Waals surface area contributed by atoms with E-state index < -0.39 is 11.8 Å². The fraction of sp³-hybridized carbons (Fsp3) is 0.286. The number of carbonyl (C=O) groups is 2. The van der Waals surface area contributed by atoms with Gasteiger partial charge < -0.3 is 20.8 Å². The number of benzene rings is 3. The molecule has 6 heteroatoms. The Morgan fingerprint density at radius 3 is 1.38 bits per heavy atom. The van der Waals surface area contributed by atoms with Crippen molar-refractivity contribution in [3.63, 3.8) is 0 Å². The summed E-state index contributed by atoms with van der Waals surface area (Å²) < 4.78 is 0. The van der Waals surface area contributed by atoms with Crippen molar-refractivity contribution in [2.45, 2.75) is 52.4 Å². The van der Waals surface area contributed by atoms with E-state index >= 15 is 0 Å². The number of anilines is 2. The maximum atomic E-state index is 12.7. The number of aromatic hydroxyl groups is 2. The van der Waals surface area contributed by atoms with E-state index in [9.17, 15) is 19.8 Å². The number of rotatable bonds is 10. The first-order chi connectivity index (χ1) is 16.4. The summed E-state index contributed by atoms with van der Waals surface area (Å²) in [5.41, 5.74) is 3.04. The zero-order valence-electron chi connectivity index (χ0n) is 19.7. The minimum atomic E-state index is -0.401. The number of carbonyl (C=O) groups excluding carboxylic acids is 2. The van der Waals surface area contributed by atoms with Gasteiger partial charge in [-0.2, -0.15) is 0 Å². The van der Waals surface area contributed by atoms with E-state index in [4.69, 9.17) is 0 Å². The minimum Gasteiger partial charge on any atom is -0.507 e. The number of nitrogens with one attached hydrogen (secondary N) is 2. The molecule has 3 aromatic rings. The zero-order chi connectivity index (χ0) is 24.5. The van der Waals surface area contributed by atoms with E-state index in [2.05, 4.69) is 24.5 Å². The van der Waals surface area contributed by atoms with Gasteiger partial charge in [0.1, 0.15) is 11.5 Å². The van der Waals surface area contributed by atoms with Gasteiger partial charge in [0.15, 0.2) is 0 Å². The largest absolute Gasteiger partial charge is 0.507 e. The van der Waals surface area contributed by atoms with Gasteiger partial charge in [0.25, 0.3) is 11.8 Å². The highest BCUT2D eigenvalue weighted by Gasteiger charge is 2.16. The van der Waals surface area contributed by atoms with Crippen molar-refractivity contribution in [3.8, 4) is 11.5 Å². The molecule has 0 saturated heterocycles. The first-order valence-corrected chi connectivity index (χ1v) is 11.8. The molecule has 2 amide bonds. The lowest BCUT2D eigenvalue weighted by molar-refractivity contribution is 0.101. The second kappa shape index (κ2) is 11.9. The molecule has 0 unspecified atom stereocenters. The van der Waals surface area contributed by atoms with Crippen LogP contribution >= 0.6 is 0 Å². The average Bonchev–Trinajstić information content (AvgIpc) is 2.84. The predicted molar refractivity (Wildman–Crippen MR) is 136 cm³/mol. The number of unbranched alkanes of at least 4 members (excludes halogenated alkanes) is 2. The molecular weight excluding hydrogens is 428 g/mol. The van der Waals surface area contributed by atoms with Crippen molar-refractivity contribution < 1.29 is 19.8 Å². The van der Waals surface area contributed by atoms with E-state index in [1.807, 2.05) is 12.1 Å². The number of para-hydroxylation sites is 2. The summed E-state index contributed by atoms with van der Waals surface area (Å²) in [5, 5.41) is 26.5. The second-order valence-corrected chi connectivity index (χ2v) is 8.32. The molecule has 0 aliphatic heterocycles. The number of hydrogen-bond acceptors (Lipinski definition) is 4. The molecule has 0 atom stereocenters. The molecule has 0 spiro atoms.